The molecule has 3 heteroatoms. The first-order chi connectivity index (χ1) is 5.29. The molecule has 1 aromatic carbocycles. The van der Waals surface area contributed by atoms with E-state index < -0.39 is 0 Å². The summed E-state index contributed by atoms with van der Waals surface area (Å²) in [6.07, 6.45) is 0. The van der Waals surface area contributed by atoms with Gasteiger partial charge in [0.15, 0.2) is 0 Å². The highest BCUT2D eigenvalue weighted by molar-refractivity contribution is 6.32. The highest BCUT2D eigenvalue weighted by Gasteiger charge is 2.02. The van der Waals surface area contributed by atoms with E-state index >= 15 is 0 Å². The number of nitrogens with two attached hydrogens (primary N) is 1. The van der Waals surface area contributed by atoms with Crippen LogP contribution in [0.5, 0.6) is 0 Å². The van der Waals surface area contributed by atoms with Crippen molar-refractivity contribution in [1.29, 1.82) is 5.26 Å². The molecule has 0 unspecified atom stereocenters. The van der Waals surface area contributed by atoms with Crippen LogP contribution in [0.25, 0.3) is 0 Å². The molecule has 0 saturated carbocycles. The van der Waals surface area contributed by atoms with E-state index in [2.05, 4.69) is 0 Å². The molecule has 2 nitrogen and oxygen atoms in total. The number of nitriles is 1. The predicted molar refractivity (Wildman–Crippen MR) is 44.1 cm³/mol. The summed E-state index contributed by atoms with van der Waals surface area (Å²) in [7, 11) is 0. The number of nitrogens with zero attached hydrogens (tertiary/aromatic N) is 1. The van der Waals surface area contributed by atoms with Crippen molar-refractivity contribution in [3.63, 3.8) is 0 Å². The maximum atomic E-state index is 8.56. The van der Waals surface area contributed by atoms with Crippen LogP contribution in [0.2, 0.25) is 5.02 Å². The molecule has 0 bridgehead atoms. The zero-order chi connectivity index (χ0) is 8.27. The Kier molecular flexibility index (Phi) is 2.48. The second kappa shape index (κ2) is 3.38. The molecule has 0 fully saturated rings. The minimum Gasteiger partial charge on any atom is -0.326 e. The summed E-state index contributed by atoms with van der Waals surface area (Å²) >= 11 is 5.81. The van der Waals surface area contributed by atoms with Gasteiger partial charge < -0.3 is 5.73 Å². The van der Waals surface area contributed by atoms with Crippen LogP contribution in [-0.2, 0) is 6.54 Å². The minimum absolute atomic E-state index is 0.369. The average Bonchev–Trinajstić information content (AvgIpc) is 2.05. The summed E-state index contributed by atoms with van der Waals surface area (Å²) in [6.45, 7) is 0.369. The summed E-state index contributed by atoms with van der Waals surface area (Å²) < 4.78 is 0. The molecule has 0 saturated heterocycles. The molecule has 0 aliphatic heterocycles. The number of hydrogen-bond donors (Lipinski definition) is 1. The van der Waals surface area contributed by atoms with Gasteiger partial charge >= 0.3 is 0 Å². The molecule has 11 heavy (non-hydrogen) atoms. The fraction of sp³-hybridized carbons (Fsp3) is 0.125. The van der Waals surface area contributed by atoms with Crippen LogP contribution >= 0.6 is 11.6 Å². The van der Waals surface area contributed by atoms with Gasteiger partial charge in [0.1, 0.15) is 6.07 Å². The Hall–Kier alpha value is -1.04. The summed E-state index contributed by atoms with van der Waals surface area (Å²) in [6, 6.07) is 7.23. The van der Waals surface area contributed by atoms with Crippen LogP contribution in [0.1, 0.15) is 11.1 Å². The maximum absolute atomic E-state index is 8.56. The molecule has 0 spiro atoms. The largest absolute Gasteiger partial charge is 0.326 e. The van der Waals surface area contributed by atoms with Gasteiger partial charge in [0.25, 0.3) is 0 Å². The molecule has 2 N–H and O–H groups in total. The number of rotatable bonds is 1. The first kappa shape index (κ1) is 8.06. The lowest BCUT2D eigenvalue weighted by Gasteiger charge is -2.00. The third kappa shape index (κ3) is 1.51. The molecule has 0 aliphatic rings. The molecular formula is C8H7ClN2. The SMILES string of the molecule is N#Cc1cccc(CN)c1Cl. The Morgan fingerprint density at radius 2 is 2.27 bits per heavy atom. The fourth-order valence-electron chi connectivity index (χ4n) is 0.824. The van der Waals surface area contributed by atoms with E-state index in [9.17, 15) is 0 Å². The maximum Gasteiger partial charge on any atom is 0.101 e. The predicted octanol–water partition coefficient (Wildman–Crippen LogP) is 1.67. The molecule has 0 aliphatic carbocycles. The average molecular weight is 167 g/mol. The van der Waals surface area contributed by atoms with Gasteiger partial charge in [-0.2, -0.15) is 5.26 Å². The highest BCUT2D eigenvalue weighted by atomic mass is 35.5. The van der Waals surface area contributed by atoms with Crippen molar-refractivity contribution >= 4 is 11.6 Å². The summed E-state index contributed by atoms with van der Waals surface area (Å²) in [5.41, 5.74) is 6.67. The van der Waals surface area contributed by atoms with Gasteiger partial charge in [-0.25, -0.2) is 0 Å². The van der Waals surface area contributed by atoms with E-state index in [1.165, 1.54) is 0 Å². The van der Waals surface area contributed by atoms with Gasteiger partial charge in [-0.3, -0.25) is 0 Å². The Labute approximate surface area is 70.2 Å². The van der Waals surface area contributed by atoms with Crippen LogP contribution in [0.15, 0.2) is 18.2 Å². The van der Waals surface area contributed by atoms with Crippen molar-refractivity contribution in [3.8, 4) is 6.07 Å². The molecule has 0 radical (unpaired) electrons. The molecular weight excluding hydrogens is 160 g/mol. The number of hydrogen-bond acceptors (Lipinski definition) is 2. The lowest BCUT2D eigenvalue weighted by Crippen LogP contribution is -1.97. The van der Waals surface area contributed by atoms with Crippen molar-refractivity contribution in [3.05, 3.63) is 34.3 Å². The molecule has 1 rings (SSSR count). The van der Waals surface area contributed by atoms with Gasteiger partial charge in [-0.15, -0.1) is 0 Å². The second-order valence-corrected chi connectivity index (χ2v) is 2.47. The minimum atomic E-state index is 0.369. The molecule has 0 heterocycles. The Bertz CT molecular complexity index is 301. The van der Waals surface area contributed by atoms with Crippen molar-refractivity contribution < 1.29 is 0 Å². The third-order valence-electron chi connectivity index (χ3n) is 1.42. The van der Waals surface area contributed by atoms with Gasteiger partial charge in [0.2, 0.25) is 0 Å². The van der Waals surface area contributed by atoms with Crippen LogP contribution in [0.3, 0.4) is 0 Å². The summed E-state index contributed by atoms with van der Waals surface area (Å²) in [5.74, 6) is 0. The van der Waals surface area contributed by atoms with Crippen molar-refractivity contribution in [2.45, 2.75) is 6.54 Å². The zero-order valence-electron chi connectivity index (χ0n) is 5.84. The van der Waals surface area contributed by atoms with Crippen LogP contribution in [0.4, 0.5) is 0 Å². The number of benzene rings is 1. The van der Waals surface area contributed by atoms with Gasteiger partial charge in [-0.05, 0) is 11.6 Å². The van der Waals surface area contributed by atoms with Crippen LogP contribution < -0.4 is 5.73 Å². The number of halogens is 1. The van der Waals surface area contributed by atoms with E-state index in [0.29, 0.717) is 17.1 Å². The van der Waals surface area contributed by atoms with E-state index in [1.54, 1.807) is 12.1 Å². The Morgan fingerprint density at radius 3 is 2.82 bits per heavy atom. The van der Waals surface area contributed by atoms with E-state index in [1.807, 2.05) is 12.1 Å². The first-order valence-corrected chi connectivity index (χ1v) is 3.55. The van der Waals surface area contributed by atoms with E-state index in [-0.39, 0.29) is 0 Å². The quantitative estimate of drug-likeness (QED) is 0.690. The lowest BCUT2D eigenvalue weighted by atomic mass is 10.1. The second-order valence-electron chi connectivity index (χ2n) is 2.09. The van der Waals surface area contributed by atoms with Crippen molar-refractivity contribution in [2.75, 3.05) is 0 Å². The normalized spacial score (nSPS) is 9.18. The fourth-order valence-corrected chi connectivity index (χ4v) is 1.07. The molecule has 56 valence electrons. The summed E-state index contributed by atoms with van der Waals surface area (Å²) in [4.78, 5) is 0. The summed E-state index contributed by atoms with van der Waals surface area (Å²) in [5, 5.41) is 9.03. The first-order valence-electron chi connectivity index (χ1n) is 3.17. The molecule has 0 atom stereocenters. The Balaban J connectivity index is 3.23. The smallest absolute Gasteiger partial charge is 0.101 e. The molecule has 0 aromatic heterocycles. The third-order valence-corrected chi connectivity index (χ3v) is 1.87. The Morgan fingerprint density at radius 1 is 1.55 bits per heavy atom. The highest BCUT2D eigenvalue weighted by Crippen LogP contribution is 2.19. The van der Waals surface area contributed by atoms with Crippen molar-refractivity contribution in [1.82, 2.24) is 0 Å². The van der Waals surface area contributed by atoms with E-state index in [0.717, 1.165) is 5.56 Å². The monoisotopic (exact) mass is 166 g/mol. The van der Waals surface area contributed by atoms with Gasteiger partial charge in [0.05, 0.1) is 10.6 Å². The van der Waals surface area contributed by atoms with Gasteiger partial charge in [-0.1, -0.05) is 23.7 Å². The van der Waals surface area contributed by atoms with Gasteiger partial charge in [0, 0.05) is 6.54 Å². The van der Waals surface area contributed by atoms with Crippen LogP contribution in [-0.4, -0.2) is 0 Å². The zero-order valence-corrected chi connectivity index (χ0v) is 6.60. The van der Waals surface area contributed by atoms with E-state index in [4.69, 9.17) is 22.6 Å². The topological polar surface area (TPSA) is 49.8 Å². The molecule has 1 aromatic rings. The van der Waals surface area contributed by atoms with Crippen LogP contribution in [0, 0.1) is 11.3 Å². The molecule has 0 amide bonds. The standard InChI is InChI=1S/C8H7ClN2/c9-8-6(4-10)2-1-3-7(8)5-11/h1-3H,4,10H2. The lowest BCUT2D eigenvalue weighted by molar-refractivity contribution is 1.07. The van der Waals surface area contributed by atoms with Crippen molar-refractivity contribution in [2.24, 2.45) is 5.73 Å².